The number of hydrogen-bond acceptors (Lipinski definition) is 5. The highest BCUT2D eigenvalue weighted by Gasteiger charge is 2.43. The predicted octanol–water partition coefficient (Wildman–Crippen LogP) is 2.14. The minimum absolute atomic E-state index is 0.205. The number of thioether (sulfide) groups is 1. The molecule has 17 heavy (non-hydrogen) atoms. The van der Waals surface area contributed by atoms with Crippen molar-refractivity contribution in [1.82, 2.24) is 4.90 Å². The lowest BCUT2D eigenvalue weighted by molar-refractivity contribution is 0.202. The van der Waals surface area contributed by atoms with E-state index in [0.717, 1.165) is 19.0 Å². The van der Waals surface area contributed by atoms with Crippen LogP contribution in [0.15, 0.2) is 22.5 Å². The molecule has 0 saturated carbocycles. The number of aliphatic imine (C=N–C) groups is 1. The van der Waals surface area contributed by atoms with Crippen molar-refractivity contribution in [3.05, 3.63) is 22.4 Å². The molecule has 3 nitrogen and oxygen atoms in total. The van der Waals surface area contributed by atoms with Crippen LogP contribution in [0.1, 0.15) is 17.7 Å². The average molecular weight is 267 g/mol. The minimum atomic E-state index is 0.205. The van der Waals surface area contributed by atoms with E-state index in [-0.39, 0.29) is 5.54 Å². The molecule has 3 heterocycles. The summed E-state index contributed by atoms with van der Waals surface area (Å²) in [5.74, 6) is 3.19. The van der Waals surface area contributed by atoms with Crippen LogP contribution < -0.4 is 5.73 Å². The van der Waals surface area contributed by atoms with Crippen molar-refractivity contribution in [3.8, 4) is 0 Å². The van der Waals surface area contributed by atoms with Crippen LogP contribution in [-0.2, 0) is 6.54 Å². The molecule has 0 aromatic carbocycles. The van der Waals surface area contributed by atoms with Gasteiger partial charge in [-0.3, -0.25) is 4.99 Å². The molecule has 3 rings (SSSR count). The van der Waals surface area contributed by atoms with Gasteiger partial charge in [-0.15, -0.1) is 11.3 Å². The average Bonchev–Trinajstić information content (AvgIpc) is 2.95. The quantitative estimate of drug-likeness (QED) is 0.892. The van der Waals surface area contributed by atoms with Crippen LogP contribution in [0.25, 0.3) is 0 Å². The first-order valence-corrected chi connectivity index (χ1v) is 8.01. The van der Waals surface area contributed by atoms with Gasteiger partial charge in [0.25, 0.3) is 0 Å². The SMILES string of the molecule is NC1=NCC2(CCCSC2)N1Cc1cccs1. The lowest BCUT2D eigenvalue weighted by Crippen LogP contribution is -2.54. The van der Waals surface area contributed by atoms with Gasteiger partial charge in [0.15, 0.2) is 5.96 Å². The van der Waals surface area contributed by atoms with E-state index in [4.69, 9.17) is 5.73 Å². The molecule has 1 spiro atoms. The fraction of sp³-hybridized carbons (Fsp3) is 0.583. The third-order valence-electron chi connectivity index (χ3n) is 3.58. The smallest absolute Gasteiger partial charge is 0.192 e. The molecule has 1 atom stereocenters. The first-order valence-electron chi connectivity index (χ1n) is 5.98. The molecule has 2 N–H and O–H groups in total. The highest BCUT2D eigenvalue weighted by molar-refractivity contribution is 7.99. The van der Waals surface area contributed by atoms with Gasteiger partial charge in [0, 0.05) is 10.6 Å². The number of hydrogen-bond donors (Lipinski definition) is 1. The summed E-state index contributed by atoms with van der Waals surface area (Å²) in [7, 11) is 0. The minimum Gasteiger partial charge on any atom is -0.370 e. The third kappa shape index (κ3) is 2.06. The number of thiophene rings is 1. The Labute approximate surface area is 110 Å². The zero-order chi connectivity index (χ0) is 11.7. The van der Waals surface area contributed by atoms with Gasteiger partial charge in [-0.05, 0) is 30.0 Å². The first kappa shape index (κ1) is 11.4. The molecular weight excluding hydrogens is 250 g/mol. The van der Waals surface area contributed by atoms with Crippen LogP contribution >= 0.6 is 23.1 Å². The monoisotopic (exact) mass is 267 g/mol. The summed E-state index contributed by atoms with van der Waals surface area (Å²) in [6, 6.07) is 4.28. The maximum Gasteiger partial charge on any atom is 0.192 e. The Morgan fingerprint density at radius 3 is 3.18 bits per heavy atom. The number of nitrogens with two attached hydrogens (primary N) is 1. The summed E-state index contributed by atoms with van der Waals surface area (Å²) in [5, 5.41) is 2.13. The zero-order valence-corrected chi connectivity index (χ0v) is 11.4. The maximum atomic E-state index is 6.07. The Bertz CT molecular complexity index is 407. The van der Waals surface area contributed by atoms with Crippen LogP contribution in [-0.4, -0.2) is 34.4 Å². The predicted molar refractivity (Wildman–Crippen MR) is 75.6 cm³/mol. The molecule has 1 aromatic heterocycles. The molecule has 5 heteroatoms. The number of guanidine groups is 1. The van der Waals surface area contributed by atoms with Gasteiger partial charge in [0.2, 0.25) is 0 Å². The van der Waals surface area contributed by atoms with Crippen LogP contribution in [0.4, 0.5) is 0 Å². The van der Waals surface area contributed by atoms with E-state index < -0.39 is 0 Å². The molecule has 92 valence electrons. The van der Waals surface area contributed by atoms with Crippen molar-refractivity contribution in [2.45, 2.75) is 24.9 Å². The van der Waals surface area contributed by atoms with E-state index >= 15 is 0 Å². The summed E-state index contributed by atoms with van der Waals surface area (Å²) in [5.41, 5.74) is 6.28. The second-order valence-corrected chi connectivity index (χ2v) is 6.86. The van der Waals surface area contributed by atoms with Crippen molar-refractivity contribution < 1.29 is 0 Å². The van der Waals surface area contributed by atoms with Crippen LogP contribution in [0.5, 0.6) is 0 Å². The van der Waals surface area contributed by atoms with E-state index in [1.54, 1.807) is 11.3 Å². The van der Waals surface area contributed by atoms with E-state index in [2.05, 4.69) is 27.4 Å². The topological polar surface area (TPSA) is 41.6 Å². The first-order chi connectivity index (χ1) is 8.30. The van der Waals surface area contributed by atoms with Crippen molar-refractivity contribution in [3.63, 3.8) is 0 Å². The Hall–Kier alpha value is -0.680. The highest BCUT2D eigenvalue weighted by Crippen LogP contribution is 2.36. The van der Waals surface area contributed by atoms with Gasteiger partial charge < -0.3 is 10.6 Å². The molecule has 2 aliphatic heterocycles. The van der Waals surface area contributed by atoms with E-state index in [1.807, 2.05) is 11.8 Å². The lowest BCUT2D eigenvalue weighted by Gasteiger charge is -2.41. The van der Waals surface area contributed by atoms with Crippen molar-refractivity contribution in [2.24, 2.45) is 10.7 Å². The second kappa shape index (κ2) is 4.53. The molecule has 0 bridgehead atoms. The van der Waals surface area contributed by atoms with Gasteiger partial charge in [-0.25, -0.2) is 0 Å². The Morgan fingerprint density at radius 1 is 1.53 bits per heavy atom. The molecule has 1 saturated heterocycles. The molecule has 0 amide bonds. The normalized spacial score (nSPS) is 28.7. The Balaban J connectivity index is 1.81. The van der Waals surface area contributed by atoms with E-state index in [1.165, 1.54) is 29.2 Å². The van der Waals surface area contributed by atoms with Crippen molar-refractivity contribution >= 4 is 29.1 Å². The van der Waals surface area contributed by atoms with Crippen LogP contribution in [0.3, 0.4) is 0 Å². The molecule has 2 aliphatic rings. The zero-order valence-electron chi connectivity index (χ0n) is 9.76. The highest BCUT2D eigenvalue weighted by atomic mass is 32.2. The maximum absolute atomic E-state index is 6.07. The molecule has 1 fully saturated rings. The van der Waals surface area contributed by atoms with Gasteiger partial charge in [0.05, 0.1) is 18.6 Å². The molecule has 0 radical (unpaired) electrons. The summed E-state index contributed by atoms with van der Waals surface area (Å²) >= 11 is 3.84. The summed E-state index contributed by atoms with van der Waals surface area (Å²) in [4.78, 5) is 8.20. The standard InChI is InChI=1S/C12H17N3S2/c13-11-14-8-12(4-2-5-16-9-12)15(11)7-10-3-1-6-17-10/h1,3,6H,2,4-5,7-9H2,(H2,13,14). The van der Waals surface area contributed by atoms with Gasteiger partial charge in [-0.2, -0.15) is 11.8 Å². The van der Waals surface area contributed by atoms with Crippen molar-refractivity contribution in [2.75, 3.05) is 18.1 Å². The molecule has 0 aliphatic carbocycles. The Kier molecular flexibility index (Phi) is 3.04. The lowest BCUT2D eigenvalue weighted by atomic mass is 9.94. The third-order valence-corrected chi connectivity index (χ3v) is 5.76. The van der Waals surface area contributed by atoms with Crippen molar-refractivity contribution in [1.29, 1.82) is 0 Å². The largest absolute Gasteiger partial charge is 0.370 e. The van der Waals surface area contributed by atoms with E-state index in [9.17, 15) is 0 Å². The second-order valence-electron chi connectivity index (χ2n) is 4.72. The fourth-order valence-corrected chi connectivity index (χ4v) is 4.58. The van der Waals surface area contributed by atoms with Gasteiger partial charge >= 0.3 is 0 Å². The fourth-order valence-electron chi connectivity index (χ4n) is 2.62. The Morgan fingerprint density at radius 2 is 2.47 bits per heavy atom. The molecule has 1 aromatic rings. The van der Waals surface area contributed by atoms with Crippen LogP contribution in [0, 0.1) is 0 Å². The summed E-state index contributed by atoms with van der Waals surface area (Å²) < 4.78 is 0. The molecular formula is C12H17N3S2. The number of rotatable bonds is 2. The summed E-state index contributed by atoms with van der Waals surface area (Å²) in [6.45, 7) is 1.81. The van der Waals surface area contributed by atoms with Gasteiger partial charge in [-0.1, -0.05) is 6.07 Å². The summed E-state index contributed by atoms with van der Waals surface area (Å²) in [6.07, 6.45) is 2.52. The van der Waals surface area contributed by atoms with E-state index in [0.29, 0.717) is 0 Å². The van der Waals surface area contributed by atoms with Gasteiger partial charge in [0.1, 0.15) is 0 Å². The van der Waals surface area contributed by atoms with Crippen LogP contribution in [0.2, 0.25) is 0 Å². The molecule has 1 unspecified atom stereocenters. The number of nitrogens with zero attached hydrogens (tertiary/aromatic N) is 2.